The van der Waals surface area contributed by atoms with E-state index in [4.69, 9.17) is 4.74 Å². The number of carbonyl (C=O) groups excluding carboxylic acids is 1. The zero-order valence-corrected chi connectivity index (χ0v) is 18.1. The summed E-state index contributed by atoms with van der Waals surface area (Å²) in [6.07, 6.45) is 4.97. The number of amides is 1. The van der Waals surface area contributed by atoms with Crippen molar-refractivity contribution in [1.82, 2.24) is 9.80 Å². The average molecular weight is 419 g/mol. The summed E-state index contributed by atoms with van der Waals surface area (Å²) in [7, 11) is 0. The Bertz CT molecular complexity index is 726. The van der Waals surface area contributed by atoms with E-state index in [2.05, 4.69) is 24.1 Å². The highest BCUT2D eigenvalue weighted by Gasteiger charge is 2.25. The number of rotatable bonds is 7. The first-order valence-corrected chi connectivity index (χ1v) is 11.1. The number of ether oxygens (including phenoxy) is 1. The fourth-order valence-electron chi connectivity index (χ4n) is 4.34. The number of nitro benzene ring substituents is 1. The number of hydrogen-bond donors (Lipinski definition) is 1. The van der Waals surface area contributed by atoms with Crippen LogP contribution in [-0.2, 0) is 4.74 Å². The molecule has 2 heterocycles. The van der Waals surface area contributed by atoms with E-state index in [1.165, 1.54) is 31.7 Å². The number of anilines is 1. The molecule has 8 nitrogen and oxygen atoms in total. The van der Waals surface area contributed by atoms with Gasteiger partial charge in [-0.25, -0.2) is 0 Å². The second kappa shape index (κ2) is 10.7. The SMILES string of the molecule is CC(C)C(CNc1ccc(C(=O)N2CCOCC2)cc1[N+](=O)[O-])N1CCCCCC1. The van der Waals surface area contributed by atoms with Crippen molar-refractivity contribution in [1.29, 1.82) is 0 Å². The van der Waals surface area contributed by atoms with Gasteiger partial charge in [-0.15, -0.1) is 0 Å². The maximum absolute atomic E-state index is 12.7. The Morgan fingerprint density at radius 2 is 1.80 bits per heavy atom. The molecule has 0 bridgehead atoms. The monoisotopic (exact) mass is 418 g/mol. The summed E-state index contributed by atoms with van der Waals surface area (Å²) < 4.78 is 5.28. The van der Waals surface area contributed by atoms with E-state index in [1.807, 2.05) is 0 Å². The lowest BCUT2D eigenvalue weighted by atomic mass is 10.0. The Morgan fingerprint density at radius 3 is 2.40 bits per heavy atom. The van der Waals surface area contributed by atoms with Crippen LogP contribution in [0.5, 0.6) is 0 Å². The van der Waals surface area contributed by atoms with Crippen molar-refractivity contribution in [2.75, 3.05) is 51.3 Å². The highest BCUT2D eigenvalue weighted by atomic mass is 16.6. The molecule has 1 aromatic carbocycles. The summed E-state index contributed by atoms with van der Waals surface area (Å²) >= 11 is 0. The molecule has 0 aromatic heterocycles. The number of nitro groups is 1. The van der Waals surface area contributed by atoms with E-state index in [0.29, 0.717) is 56.1 Å². The molecule has 1 amide bonds. The summed E-state index contributed by atoms with van der Waals surface area (Å²) in [4.78, 5) is 28.2. The molecule has 1 N–H and O–H groups in total. The molecule has 1 aromatic rings. The van der Waals surface area contributed by atoms with Crippen molar-refractivity contribution in [3.63, 3.8) is 0 Å². The van der Waals surface area contributed by atoms with Crippen molar-refractivity contribution in [3.05, 3.63) is 33.9 Å². The van der Waals surface area contributed by atoms with Gasteiger partial charge in [-0.2, -0.15) is 0 Å². The Morgan fingerprint density at radius 1 is 1.13 bits per heavy atom. The maximum Gasteiger partial charge on any atom is 0.293 e. The smallest absolute Gasteiger partial charge is 0.293 e. The zero-order chi connectivity index (χ0) is 21.5. The lowest BCUT2D eigenvalue weighted by molar-refractivity contribution is -0.384. The molecule has 2 aliphatic rings. The van der Waals surface area contributed by atoms with Gasteiger partial charge in [0.2, 0.25) is 0 Å². The van der Waals surface area contributed by atoms with Gasteiger partial charge >= 0.3 is 0 Å². The Balaban J connectivity index is 1.72. The molecule has 8 heteroatoms. The summed E-state index contributed by atoms with van der Waals surface area (Å²) in [5.74, 6) is 0.259. The van der Waals surface area contributed by atoms with Crippen molar-refractivity contribution in [2.45, 2.75) is 45.6 Å². The molecule has 0 radical (unpaired) electrons. The molecule has 0 saturated carbocycles. The lowest BCUT2D eigenvalue weighted by Gasteiger charge is -2.34. The van der Waals surface area contributed by atoms with Crippen LogP contribution in [0.15, 0.2) is 18.2 Å². The fourth-order valence-corrected chi connectivity index (χ4v) is 4.34. The van der Waals surface area contributed by atoms with Crippen LogP contribution in [-0.4, -0.2) is 72.6 Å². The van der Waals surface area contributed by atoms with Crippen molar-refractivity contribution in [2.24, 2.45) is 5.92 Å². The third-order valence-corrected chi connectivity index (χ3v) is 6.12. The van der Waals surface area contributed by atoms with Gasteiger partial charge in [0.25, 0.3) is 11.6 Å². The molecule has 3 rings (SSSR count). The number of nitrogens with zero attached hydrogens (tertiary/aromatic N) is 3. The predicted octanol–water partition coefficient (Wildman–Crippen LogP) is 3.38. The van der Waals surface area contributed by atoms with E-state index in [0.717, 1.165) is 13.1 Å². The van der Waals surface area contributed by atoms with Crippen LogP contribution in [0.2, 0.25) is 0 Å². The van der Waals surface area contributed by atoms with E-state index < -0.39 is 4.92 Å². The van der Waals surface area contributed by atoms with Gasteiger partial charge in [-0.1, -0.05) is 26.7 Å². The van der Waals surface area contributed by atoms with Gasteiger partial charge in [0.05, 0.1) is 18.1 Å². The molecule has 2 saturated heterocycles. The molecule has 166 valence electrons. The van der Waals surface area contributed by atoms with Gasteiger partial charge in [0.1, 0.15) is 5.69 Å². The quantitative estimate of drug-likeness (QED) is 0.539. The first kappa shape index (κ1) is 22.5. The maximum atomic E-state index is 12.7. The van der Waals surface area contributed by atoms with Crippen LogP contribution >= 0.6 is 0 Å². The van der Waals surface area contributed by atoms with Crippen LogP contribution in [0, 0.1) is 16.0 Å². The zero-order valence-electron chi connectivity index (χ0n) is 18.1. The van der Waals surface area contributed by atoms with Gasteiger partial charge in [0, 0.05) is 37.3 Å². The Labute approximate surface area is 178 Å². The number of morpholine rings is 1. The van der Waals surface area contributed by atoms with Crippen LogP contribution in [0.1, 0.15) is 49.9 Å². The number of hydrogen-bond acceptors (Lipinski definition) is 6. The number of carbonyl (C=O) groups is 1. The fraction of sp³-hybridized carbons (Fsp3) is 0.682. The summed E-state index contributed by atoms with van der Waals surface area (Å²) in [5.41, 5.74) is 0.772. The molecule has 1 atom stereocenters. The first-order chi connectivity index (χ1) is 14.5. The third-order valence-electron chi connectivity index (χ3n) is 6.12. The Hall–Kier alpha value is -2.19. The molecule has 2 fully saturated rings. The number of benzene rings is 1. The summed E-state index contributed by atoms with van der Waals surface area (Å²) in [6.45, 7) is 9.25. The predicted molar refractivity (Wildman–Crippen MR) is 117 cm³/mol. The van der Waals surface area contributed by atoms with Gasteiger partial charge in [-0.3, -0.25) is 19.8 Å². The van der Waals surface area contributed by atoms with Crippen molar-refractivity contribution in [3.8, 4) is 0 Å². The average Bonchev–Trinajstić information content (AvgIpc) is 3.03. The standard InChI is InChI=1S/C22H34N4O4/c1-17(2)21(24-9-5-3-4-6-10-24)16-23-19-8-7-18(15-20(19)26(28)29)22(27)25-11-13-30-14-12-25/h7-8,15,17,21,23H,3-6,9-14,16H2,1-2H3. The highest BCUT2D eigenvalue weighted by Crippen LogP contribution is 2.27. The van der Waals surface area contributed by atoms with Crippen LogP contribution in [0.4, 0.5) is 11.4 Å². The van der Waals surface area contributed by atoms with Crippen LogP contribution in [0.25, 0.3) is 0 Å². The molecule has 0 spiro atoms. The molecular weight excluding hydrogens is 384 g/mol. The summed E-state index contributed by atoms with van der Waals surface area (Å²) in [6, 6.07) is 5.07. The third kappa shape index (κ3) is 5.70. The molecule has 0 aliphatic carbocycles. The van der Waals surface area contributed by atoms with E-state index in [9.17, 15) is 14.9 Å². The minimum absolute atomic E-state index is 0.0486. The van der Waals surface area contributed by atoms with Crippen molar-refractivity contribution >= 4 is 17.3 Å². The van der Waals surface area contributed by atoms with Crippen LogP contribution < -0.4 is 5.32 Å². The molecule has 2 aliphatic heterocycles. The Kier molecular flexibility index (Phi) is 8.04. The minimum Gasteiger partial charge on any atom is -0.378 e. The normalized spacial score (nSPS) is 19.4. The molecule has 30 heavy (non-hydrogen) atoms. The first-order valence-electron chi connectivity index (χ1n) is 11.1. The van der Waals surface area contributed by atoms with E-state index in [1.54, 1.807) is 17.0 Å². The lowest BCUT2D eigenvalue weighted by Crippen LogP contribution is -2.44. The van der Waals surface area contributed by atoms with Crippen LogP contribution in [0.3, 0.4) is 0 Å². The topological polar surface area (TPSA) is 88.0 Å². The molecule has 1 unspecified atom stereocenters. The van der Waals surface area contributed by atoms with E-state index in [-0.39, 0.29) is 11.6 Å². The van der Waals surface area contributed by atoms with E-state index >= 15 is 0 Å². The second-order valence-corrected chi connectivity index (χ2v) is 8.54. The summed E-state index contributed by atoms with van der Waals surface area (Å²) in [5, 5.41) is 15.0. The number of likely N-dealkylation sites (tertiary alicyclic amines) is 1. The minimum atomic E-state index is -0.408. The van der Waals surface area contributed by atoms with Crippen molar-refractivity contribution < 1.29 is 14.5 Å². The van der Waals surface area contributed by atoms with Gasteiger partial charge < -0.3 is 15.0 Å². The number of nitrogens with one attached hydrogen (secondary N) is 1. The largest absolute Gasteiger partial charge is 0.378 e. The van der Waals surface area contributed by atoms with Gasteiger partial charge in [-0.05, 0) is 44.0 Å². The second-order valence-electron chi connectivity index (χ2n) is 8.54. The van der Waals surface area contributed by atoms with Gasteiger partial charge in [0.15, 0.2) is 0 Å². The molecular formula is C22H34N4O4. The highest BCUT2D eigenvalue weighted by molar-refractivity contribution is 5.95.